The van der Waals surface area contributed by atoms with Gasteiger partial charge in [-0.15, -0.1) is 11.3 Å². The Hall–Kier alpha value is -1.72. The quantitative estimate of drug-likeness (QED) is 0.843. The lowest BCUT2D eigenvalue weighted by Crippen LogP contribution is -2.02. The van der Waals surface area contributed by atoms with Crippen LogP contribution in [0.5, 0.6) is 5.75 Å². The van der Waals surface area contributed by atoms with Gasteiger partial charge in [-0.05, 0) is 31.2 Å². The number of ether oxygens (including phenoxy) is 1. The molecule has 0 amide bonds. The number of aromatic carboxylic acids is 1. The van der Waals surface area contributed by atoms with Crippen LogP contribution in [0.4, 0.5) is 5.69 Å². The van der Waals surface area contributed by atoms with Gasteiger partial charge >= 0.3 is 5.97 Å². The van der Waals surface area contributed by atoms with Crippen molar-refractivity contribution < 1.29 is 14.6 Å². The lowest BCUT2D eigenvalue weighted by atomic mass is 10.2. The van der Waals surface area contributed by atoms with Crippen LogP contribution >= 0.6 is 22.9 Å². The number of carboxylic acids is 1. The van der Waals surface area contributed by atoms with E-state index in [9.17, 15) is 4.79 Å². The van der Waals surface area contributed by atoms with Crippen molar-refractivity contribution >= 4 is 34.6 Å². The van der Waals surface area contributed by atoms with Crippen LogP contribution in [0.1, 0.15) is 22.2 Å². The summed E-state index contributed by atoms with van der Waals surface area (Å²) < 4.78 is 5.51. The first-order valence-electron chi connectivity index (χ1n) is 6.07. The van der Waals surface area contributed by atoms with Crippen molar-refractivity contribution in [2.24, 2.45) is 0 Å². The first kappa shape index (κ1) is 14.7. The summed E-state index contributed by atoms with van der Waals surface area (Å²) >= 11 is 7.38. The number of thiophene rings is 1. The molecule has 1 aromatic carbocycles. The smallest absolute Gasteiger partial charge is 0.336 e. The largest absolute Gasteiger partial charge is 0.492 e. The van der Waals surface area contributed by atoms with Gasteiger partial charge in [0.05, 0.1) is 17.9 Å². The average molecular weight is 312 g/mol. The molecule has 0 unspecified atom stereocenters. The molecule has 0 saturated heterocycles. The van der Waals surface area contributed by atoms with E-state index in [0.29, 0.717) is 23.7 Å². The standard InChI is InChI=1S/C14H14ClNO3S/c1-2-19-13-4-3-10(15)6-12(13)16-7-11-5-9(8-20-11)14(17)18/h3-6,8,16H,2,7H2,1H3,(H,17,18). The molecule has 2 rings (SSSR count). The van der Waals surface area contributed by atoms with Gasteiger partial charge in [-0.25, -0.2) is 4.79 Å². The van der Waals surface area contributed by atoms with Gasteiger partial charge in [0.15, 0.2) is 0 Å². The normalized spacial score (nSPS) is 10.3. The van der Waals surface area contributed by atoms with E-state index >= 15 is 0 Å². The van der Waals surface area contributed by atoms with Crippen LogP contribution in [0.25, 0.3) is 0 Å². The van der Waals surface area contributed by atoms with Crippen LogP contribution in [0, 0.1) is 0 Å². The van der Waals surface area contributed by atoms with Gasteiger partial charge in [-0.2, -0.15) is 0 Å². The van der Waals surface area contributed by atoms with Crippen LogP contribution in [0.2, 0.25) is 5.02 Å². The summed E-state index contributed by atoms with van der Waals surface area (Å²) in [6, 6.07) is 7.03. The Kier molecular flexibility index (Phi) is 4.87. The fourth-order valence-electron chi connectivity index (χ4n) is 1.69. The molecule has 0 saturated carbocycles. The maximum atomic E-state index is 10.8. The Morgan fingerprint density at radius 1 is 1.45 bits per heavy atom. The predicted molar refractivity (Wildman–Crippen MR) is 81.2 cm³/mol. The number of hydrogen-bond donors (Lipinski definition) is 2. The molecule has 2 N–H and O–H groups in total. The van der Waals surface area contributed by atoms with Crippen LogP contribution in [-0.4, -0.2) is 17.7 Å². The topological polar surface area (TPSA) is 58.6 Å². The Balaban J connectivity index is 2.09. The molecule has 0 atom stereocenters. The van der Waals surface area contributed by atoms with E-state index < -0.39 is 5.97 Å². The first-order chi connectivity index (χ1) is 9.60. The maximum Gasteiger partial charge on any atom is 0.336 e. The number of anilines is 1. The number of carboxylic acid groups (broad SMARTS) is 1. The van der Waals surface area contributed by atoms with E-state index in [-0.39, 0.29) is 0 Å². The van der Waals surface area contributed by atoms with Crippen LogP contribution in [0.3, 0.4) is 0 Å². The monoisotopic (exact) mass is 311 g/mol. The molecule has 0 aliphatic carbocycles. The lowest BCUT2D eigenvalue weighted by molar-refractivity contribution is 0.0697. The highest BCUT2D eigenvalue weighted by Crippen LogP contribution is 2.29. The maximum absolute atomic E-state index is 10.8. The van der Waals surface area contributed by atoms with Crippen molar-refractivity contribution in [3.8, 4) is 5.75 Å². The summed E-state index contributed by atoms with van der Waals surface area (Å²) in [6.45, 7) is 3.01. The Morgan fingerprint density at radius 2 is 2.25 bits per heavy atom. The molecule has 0 spiro atoms. The predicted octanol–water partition coefficient (Wildman–Crippen LogP) is 4.11. The van der Waals surface area contributed by atoms with Crippen LogP contribution in [0.15, 0.2) is 29.6 Å². The van der Waals surface area contributed by atoms with Gasteiger partial charge in [0.1, 0.15) is 5.75 Å². The highest BCUT2D eigenvalue weighted by atomic mass is 35.5. The number of halogens is 1. The van der Waals surface area contributed by atoms with Crippen molar-refractivity contribution in [1.82, 2.24) is 0 Å². The van der Waals surface area contributed by atoms with Gasteiger partial charge < -0.3 is 15.2 Å². The third kappa shape index (κ3) is 3.65. The summed E-state index contributed by atoms with van der Waals surface area (Å²) in [5, 5.41) is 14.3. The molecule has 0 radical (unpaired) electrons. The fourth-order valence-corrected chi connectivity index (χ4v) is 2.66. The number of rotatable bonds is 6. The van der Waals surface area contributed by atoms with Crippen molar-refractivity contribution in [3.63, 3.8) is 0 Å². The fraction of sp³-hybridized carbons (Fsp3) is 0.214. The third-order valence-electron chi connectivity index (χ3n) is 2.60. The van der Waals surface area contributed by atoms with Crippen molar-refractivity contribution in [3.05, 3.63) is 45.1 Å². The highest BCUT2D eigenvalue weighted by Gasteiger charge is 2.08. The van der Waals surface area contributed by atoms with E-state index in [4.69, 9.17) is 21.4 Å². The zero-order chi connectivity index (χ0) is 14.5. The minimum Gasteiger partial charge on any atom is -0.492 e. The Morgan fingerprint density at radius 3 is 2.90 bits per heavy atom. The van der Waals surface area contributed by atoms with E-state index in [1.54, 1.807) is 23.6 Å². The molecule has 1 heterocycles. The van der Waals surface area contributed by atoms with Crippen molar-refractivity contribution in [1.29, 1.82) is 0 Å². The Labute approximate surface area is 126 Å². The molecule has 4 nitrogen and oxygen atoms in total. The second kappa shape index (κ2) is 6.63. The van der Waals surface area contributed by atoms with Gasteiger partial charge in [-0.3, -0.25) is 0 Å². The SMILES string of the molecule is CCOc1ccc(Cl)cc1NCc1cc(C(=O)O)cs1. The average Bonchev–Trinajstić information content (AvgIpc) is 2.88. The van der Waals surface area contributed by atoms with E-state index in [2.05, 4.69) is 5.32 Å². The van der Waals surface area contributed by atoms with Gasteiger partial charge in [0.2, 0.25) is 0 Å². The summed E-state index contributed by atoms with van der Waals surface area (Å²) in [6.07, 6.45) is 0. The number of benzene rings is 1. The molecular weight excluding hydrogens is 298 g/mol. The van der Waals surface area contributed by atoms with Gasteiger partial charge in [-0.1, -0.05) is 11.6 Å². The number of carbonyl (C=O) groups is 1. The summed E-state index contributed by atoms with van der Waals surface area (Å²) in [5.41, 5.74) is 1.10. The van der Waals surface area contributed by atoms with Crippen LogP contribution < -0.4 is 10.1 Å². The molecule has 0 fully saturated rings. The molecule has 20 heavy (non-hydrogen) atoms. The minimum absolute atomic E-state index is 0.308. The molecule has 0 bridgehead atoms. The van der Waals surface area contributed by atoms with E-state index in [1.807, 2.05) is 13.0 Å². The minimum atomic E-state index is -0.912. The second-order valence-corrected chi connectivity index (χ2v) is 5.47. The zero-order valence-electron chi connectivity index (χ0n) is 10.9. The molecule has 106 valence electrons. The molecular formula is C14H14ClNO3S. The molecule has 6 heteroatoms. The van der Waals surface area contributed by atoms with Crippen molar-refractivity contribution in [2.75, 3.05) is 11.9 Å². The lowest BCUT2D eigenvalue weighted by Gasteiger charge is -2.12. The second-order valence-electron chi connectivity index (χ2n) is 4.03. The Bertz CT molecular complexity index is 612. The van der Waals surface area contributed by atoms with Crippen LogP contribution in [-0.2, 0) is 6.54 Å². The van der Waals surface area contributed by atoms with Crippen molar-refractivity contribution in [2.45, 2.75) is 13.5 Å². The first-order valence-corrected chi connectivity index (χ1v) is 7.33. The third-order valence-corrected chi connectivity index (χ3v) is 3.77. The van der Waals surface area contributed by atoms with Gasteiger partial charge in [0, 0.05) is 21.8 Å². The zero-order valence-corrected chi connectivity index (χ0v) is 12.4. The molecule has 2 aromatic rings. The number of hydrogen-bond acceptors (Lipinski definition) is 4. The molecule has 1 aromatic heterocycles. The summed E-state index contributed by atoms with van der Waals surface area (Å²) in [4.78, 5) is 11.8. The molecule has 0 aliphatic rings. The van der Waals surface area contributed by atoms with E-state index in [1.165, 1.54) is 11.3 Å². The highest BCUT2D eigenvalue weighted by molar-refractivity contribution is 7.10. The summed E-state index contributed by atoms with van der Waals surface area (Å²) in [7, 11) is 0. The summed E-state index contributed by atoms with van der Waals surface area (Å²) in [5.74, 6) is -0.183. The number of nitrogens with one attached hydrogen (secondary N) is 1. The van der Waals surface area contributed by atoms with Gasteiger partial charge in [0.25, 0.3) is 0 Å². The molecule has 0 aliphatic heterocycles. The van der Waals surface area contributed by atoms with E-state index in [0.717, 1.165) is 16.3 Å².